The van der Waals surface area contributed by atoms with Gasteiger partial charge < -0.3 is 4.74 Å². The number of hydrogen-bond acceptors (Lipinski definition) is 8. The number of nitrogen functional groups attached to an aromatic ring is 1. The summed E-state index contributed by atoms with van der Waals surface area (Å²) in [7, 11) is 1.46. The van der Waals surface area contributed by atoms with E-state index in [1.165, 1.54) is 29.1 Å². The number of anilines is 1. The van der Waals surface area contributed by atoms with Gasteiger partial charge in [-0.3, -0.25) is 14.8 Å². The normalized spacial score (nSPS) is 10.4. The van der Waals surface area contributed by atoms with Crippen molar-refractivity contribution in [3.63, 3.8) is 0 Å². The van der Waals surface area contributed by atoms with Crippen LogP contribution in [-0.4, -0.2) is 26.9 Å². The van der Waals surface area contributed by atoms with Gasteiger partial charge in [-0.25, -0.2) is 10.8 Å². The van der Waals surface area contributed by atoms with E-state index in [-0.39, 0.29) is 18.1 Å². The van der Waals surface area contributed by atoms with E-state index in [2.05, 4.69) is 20.6 Å². The Morgan fingerprint density at radius 3 is 2.94 bits per heavy atom. The van der Waals surface area contributed by atoms with Gasteiger partial charge in [-0.05, 0) is 6.92 Å². The van der Waals surface area contributed by atoms with Gasteiger partial charge in [0.15, 0.2) is 0 Å². The second kappa shape index (κ2) is 5.10. The highest BCUT2D eigenvalue weighted by atomic mass is 32.1. The van der Waals surface area contributed by atoms with E-state index in [9.17, 15) is 4.79 Å². The quantitative estimate of drug-likeness (QED) is 0.581. The average molecular weight is 268 g/mol. The molecule has 2 rings (SSSR count). The van der Waals surface area contributed by atoms with Crippen LogP contribution in [0.15, 0.2) is 10.9 Å². The van der Waals surface area contributed by atoms with Gasteiger partial charge in [-0.2, -0.15) is 0 Å². The maximum atomic E-state index is 11.9. The Balaban J connectivity index is 2.36. The summed E-state index contributed by atoms with van der Waals surface area (Å²) in [6, 6.07) is 1.68. The molecule has 0 aliphatic heterocycles. The SMILES string of the molecule is COc1nc(C)cc(=O)n1Cc1nnc(NN)s1. The van der Waals surface area contributed by atoms with Gasteiger partial charge in [-0.1, -0.05) is 11.3 Å². The van der Waals surface area contributed by atoms with Crippen LogP contribution >= 0.6 is 11.3 Å². The molecule has 0 aliphatic carbocycles. The summed E-state index contributed by atoms with van der Waals surface area (Å²) in [6.45, 7) is 1.98. The number of aryl methyl sites for hydroxylation is 1. The zero-order valence-corrected chi connectivity index (χ0v) is 10.7. The third-order valence-electron chi connectivity index (χ3n) is 2.17. The second-order valence-electron chi connectivity index (χ2n) is 3.45. The third-order valence-corrected chi connectivity index (χ3v) is 3.01. The highest BCUT2D eigenvalue weighted by molar-refractivity contribution is 7.15. The zero-order valence-electron chi connectivity index (χ0n) is 9.88. The predicted molar refractivity (Wildman–Crippen MR) is 66.6 cm³/mol. The summed E-state index contributed by atoms with van der Waals surface area (Å²) < 4.78 is 6.46. The van der Waals surface area contributed by atoms with Gasteiger partial charge in [0.25, 0.3) is 11.6 Å². The first-order valence-corrected chi connectivity index (χ1v) is 5.87. The number of nitrogens with zero attached hydrogens (tertiary/aromatic N) is 4. The van der Waals surface area contributed by atoms with Crippen molar-refractivity contribution < 1.29 is 4.74 Å². The molecule has 0 fully saturated rings. The Morgan fingerprint density at radius 2 is 2.33 bits per heavy atom. The standard InChI is InChI=1S/C9H12N6O2S/c1-5-3-7(16)15(9(11-5)17-2)4-6-13-14-8(12-10)18-6/h3H,4,10H2,1-2H3,(H,12,14). The molecule has 0 bridgehead atoms. The van der Waals surface area contributed by atoms with Crippen LogP contribution in [0.3, 0.4) is 0 Å². The van der Waals surface area contributed by atoms with E-state index in [4.69, 9.17) is 10.6 Å². The maximum Gasteiger partial charge on any atom is 0.299 e. The smallest absolute Gasteiger partial charge is 0.299 e. The number of ether oxygens (including phenoxy) is 1. The minimum Gasteiger partial charge on any atom is -0.468 e. The summed E-state index contributed by atoms with van der Waals surface area (Å²) in [5, 5.41) is 8.81. The largest absolute Gasteiger partial charge is 0.468 e. The molecule has 2 aromatic heterocycles. The van der Waals surface area contributed by atoms with Crippen LogP contribution in [0.5, 0.6) is 6.01 Å². The van der Waals surface area contributed by atoms with Crippen LogP contribution in [0.4, 0.5) is 5.13 Å². The monoisotopic (exact) mass is 268 g/mol. The summed E-state index contributed by atoms with van der Waals surface area (Å²) in [5.74, 6) is 5.21. The van der Waals surface area contributed by atoms with Crippen molar-refractivity contribution in [2.75, 3.05) is 12.5 Å². The van der Waals surface area contributed by atoms with E-state index in [0.29, 0.717) is 15.8 Å². The van der Waals surface area contributed by atoms with E-state index in [1.54, 1.807) is 6.92 Å². The summed E-state index contributed by atoms with van der Waals surface area (Å²) in [6.07, 6.45) is 0. The first-order valence-electron chi connectivity index (χ1n) is 5.05. The zero-order chi connectivity index (χ0) is 13.1. The first-order chi connectivity index (χ1) is 8.63. The number of aromatic nitrogens is 4. The lowest BCUT2D eigenvalue weighted by molar-refractivity contribution is 0.349. The summed E-state index contributed by atoms with van der Waals surface area (Å²) in [5.41, 5.74) is 2.80. The molecule has 0 unspecified atom stereocenters. The Hall–Kier alpha value is -2.00. The van der Waals surface area contributed by atoms with Crippen molar-refractivity contribution in [1.82, 2.24) is 19.7 Å². The fourth-order valence-electron chi connectivity index (χ4n) is 1.41. The van der Waals surface area contributed by atoms with E-state index in [1.807, 2.05) is 0 Å². The number of nitrogens with one attached hydrogen (secondary N) is 1. The molecule has 0 atom stereocenters. The molecule has 2 aromatic rings. The van der Waals surface area contributed by atoms with Crippen molar-refractivity contribution in [3.8, 4) is 6.01 Å². The molecule has 18 heavy (non-hydrogen) atoms. The van der Waals surface area contributed by atoms with E-state index >= 15 is 0 Å². The van der Waals surface area contributed by atoms with Crippen LogP contribution in [0.1, 0.15) is 10.7 Å². The highest BCUT2D eigenvalue weighted by Crippen LogP contribution is 2.16. The summed E-state index contributed by atoms with van der Waals surface area (Å²) in [4.78, 5) is 16.0. The summed E-state index contributed by atoms with van der Waals surface area (Å²) >= 11 is 1.26. The molecule has 0 radical (unpaired) electrons. The minimum atomic E-state index is -0.197. The lowest BCUT2D eigenvalue weighted by Crippen LogP contribution is -2.23. The molecule has 0 saturated carbocycles. The Morgan fingerprint density at radius 1 is 1.56 bits per heavy atom. The molecule has 0 aromatic carbocycles. The van der Waals surface area contributed by atoms with Crippen LogP contribution in [0.2, 0.25) is 0 Å². The van der Waals surface area contributed by atoms with Gasteiger partial charge in [0, 0.05) is 11.8 Å². The van der Waals surface area contributed by atoms with Crippen molar-refractivity contribution in [2.45, 2.75) is 13.5 Å². The molecule has 0 aliphatic rings. The molecule has 2 heterocycles. The Labute approximate surface area is 106 Å². The Kier molecular flexibility index (Phi) is 3.53. The first kappa shape index (κ1) is 12.5. The fraction of sp³-hybridized carbons (Fsp3) is 0.333. The minimum absolute atomic E-state index is 0.197. The van der Waals surface area contributed by atoms with E-state index in [0.717, 1.165) is 0 Å². The van der Waals surface area contributed by atoms with Gasteiger partial charge >= 0.3 is 0 Å². The van der Waals surface area contributed by atoms with Gasteiger partial charge in [0.2, 0.25) is 5.13 Å². The number of nitrogens with two attached hydrogens (primary N) is 1. The number of methoxy groups -OCH3 is 1. The van der Waals surface area contributed by atoms with Crippen LogP contribution in [-0.2, 0) is 6.54 Å². The van der Waals surface area contributed by atoms with Crippen LogP contribution in [0, 0.1) is 6.92 Å². The molecule has 3 N–H and O–H groups in total. The van der Waals surface area contributed by atoms with Crippen molar-refractivity contribution in [3.05, 3.63) is 27.1 Å². The number of hydrogen-bond donors (Lipinski definition) is 2. The second-order valence-corrected chi connectivity index (χ2v) is 4.52. The average Bonchev–Trinajstić information content (AvgIpc) is 2.80. The fourth-order valence-corrected chi connectivity index (χ4v) is 2.05. The number of rotatable bonds is 4. The molecular weight excluding hydrogens is 256 g/mol. The number of hydrazine groups is 1. The Bertz CT molecular complexity index is 607. The molecule has 0 spiro atoms. The van der Waals surface area contributed by atoms with Gasteiger partial charge in [0.05, 0.1) is 13.7 Å². The molecular formula is C9H12N6O2S. The van der Waals surface area contributed by atoms with Crippen LogP contribution < -0.4 is 21.6 Å². The molecule has 0 saturated heterocycles. The molecule has 8 nitrogen and oxygen atoms in total. The van der Waals surface area contributed by atoms with Gasteiger partial charge in [0.1, 0.15) is 5.01 Å². The maximum absolute atomic E-state index is 11.9. The van der Waals surface area contributed by atoms with Crippen LogP contribution in [0.25, 0.3) is 0 Å². The van der Waals surface area contributed by atoms with Gasteiger partial charge in [-0.15, -0.1) is 10.2 Å². The lowest BCUT2D eigenvalue weighted by atomic mass is 10.4. The van der Waals surface area contributed by atoms with Crippen molar-refractivity contribution in [1.29, 1.82) is 0 Å². The van der Waals surface area contributed by atoms with Crippen molar-refractivity contribution >= 4 is 16.5 Å². The highest BCUT2D eigenvalue weighted by Gasteiger charge is 2.11. The van der Waals surface area contributed by atoms with Crippen molar-refractivity contribution in [2.24, 2.45) is 5.84 Å². The topological polar surface area (TPSA) is 108 Å². The predicted octanol–water partition coefficient (Wildman–Crippen LogP) is -0.254. The third kappa shape index (κ3) is 2.46. The molecule has 0 amide bonds. The van der Waals surface area contributed by atoms with E-state index < -0.39 is 0 Å². The molecule has 9 heteroatoms. The lowest BCUT2D eigenvalue weighted by Gasteiger charge is -2.08. The molecule has 96 valence electrons.